The van der Waals surface area contributed by atoms with Crippen LogP contribution in [-0.4, -0.2) is 38.9 Å². The predicted molar refractivity (Wildman–Crippen MR) is 117 cm³/mol. The average Bonchev–Trinajstić information content (AvgIpc) is 3.27. The molecule has 0 unspecified atom stereocenters. The molecule has 1 aliphatic rings. The molecule has 0 saturated carbocycles. The fourth-order valence-corrected chi connectivity index (χ4v) is 3.66. The van der Waals surface area contributed by atoms with Gasteiger partial charge in [0, 0.05) is 24.1 Å². The topological polar surface area (TPSA) is 84.3 Å². The molecular weight excluding hydrogens is 416 g/mol. The van der Waals surface area contributed by atoms with Gasteiger partial charge in [-0.1, -0.05) is 35.4 Å². The largest absolute Gasteiger partial charge is 0.311 e. The minimum absolute atomic E-state index is 0.179. The van der Waals surface area contributed by atoms with Gasteiger partial charge in [-0.2, -0.15) is 5.10 Å². The minimum Gasteiger partial charge on any atom is -0.311 e. The summed E-state index contributed by atoms with van der Waals surface area (Å²) in [5.74, 6) is -0.229. The van der Waals surface area contributed by atoms with Gasteiger partial charge in [0.2, 0.25) is 5.91 Å². The Hall–Kier alpha value is -3.45. The molecule has 31 heavy (non-hydrogen) atoms. The Balaban J connectivity index is 1.31. The highest BCUT2D eigenvalue weighted by Crippen LogP contribution is 2.24. The summed E-state index contributed by atoms with van der Waals surface area (Å²) in [6.07, 6.45) is 2.17. The van der Waals surface area contributed by atoms with Crippen LogP contribution in [0.1, 0.15) is 44.7 Å². The predicted octanol–water partition coefficient (Wildman–Crippen LogP) is 3.91. The van der Waals surface area contributed by atoms with Gasteiger partial charge >= 0.3 is 0 Å². The van der Waals surface area contributed by atoms with Crippen molar-refractivity contribution >= 4 is 35.1 Å². The molecule has 158 valence electrons. The van der Waals surface area contributed by atoms with Crippen molar-refractivity contribution in [1.29, 1.82) is 0 Å². The molecule has 0 bridgehead atoms. The zero-order chi connectivity index (χ0) is 22.0. The van der Waals surface area contributed by atoms with E-state index in [1.54, 1.807) is 41.2 Å². The van der Waals surface area contributed by atoms with E-state index in [1.165, 1.54) is 4.90 Å². The van der Waals surface area contributed by atoms with Crippen LogP contribution in [0.25, 0.3) is 0 Å². The highest BCUT2D eigenvalue weighted by molar-refractivity contribution is 6.30. The Labute approximate surface area is 184 Å². The lowest BCUT2D eigenvalue weighted by molar-refractivity contribution is -0.116. The zero-order valence-electron chi connectivity index (χ0n) is 17.0. The molecule has 2 heterocycles. The van der Waals surface area contributed by atoms with E-state index in [-0.39, 0.29) is 30.7 Å². The molecule has 7 nitrogen and oxygen atoms in total. The van der Waals surface area contributed by atoms with Gasteiger partial charge in [0.25, 0.3) is 11.8 Å². The number of aryl methyl sites for hydroxylation is 1. The van der Waals surface area contributed by atoms with Gasteiger partial charge in [-0.3, -0.25) is 19.3 Å². The maximum atomic E-state index is 12.5. The third-order valence-electron chi connectivity index (χ3n) is 5.14. The van der Waals surface area contributed by atoms with Crippen LogP contribution in [0.4, 0.5) is 5.82 Å². The number of anilines is 1. The van der Waals surface area contributed by atoms with Crippen molar-refractivity contribution in [3.05, 3.63) is 82.0 Å². The molecule has 1 aromatic heterocycles. The molecule has 0 aliphatic carbocycles. The third-order valence-corrected chi connectivity index (χ3v) is 5.39. The molecule has 0 fully saturated rings. The van der Waals surface area contributed by atoms with Crippen molar-refractivity contribution < 1.29 is 14.4 Å². The molecule has 3 aromatic rings. The fraction of sp³-hybridized carbons (Fsp3) is 0.217. The number of nitrogens with zero attached hydrogens (tertiary/aromatic N) is 3. The highest BCUT2D eigenvalue weighted by Gasteiger charge is 2.34. The molecule has 0 saturated heterocycles. The Bertz CT molecular complexity index is 1150. The van der Waals surface area contributed by atoms with Crippen LogP contribution in [0.3, 0.4) is 0 Å². The molecule has 1 aliphatic heterocycles. The maximum Gasteiger partial charge on any atom is 0.261 e. The molecule has 0 spiro atoms. The standard InChI is InChI=1S/C23H21ClN4O3/c1-15-4-9-18-19(13-15)23(31)27(22(18)30)12-2-3-21(29)26-20-10-11-25-28(20)14-16-5-7-17(24)8-6-16/h4-11,13H,2-3,12,14H2,1H3,(H,26,29). The lowest BCUT2D eigenvalue weighted by Crippen LogP contribution is -2.31. The molecule has 0 atom stereocenters. The van der Waals surface area contributed by atoms with Gasteiger partial charge in [0.1, 0.15) is 5.82 Å². The summed E-state index contributed by atoms with van der Waals surface area (Å²) in [4.78, 5) is 38.6. The number of carbonyl (C=O) groups is 3. The number of benzene rings is 2. The van der Waals surface area contributed by atoms with Crippen LogP contribution in [0, 0.1) is 6.92 Å². The summed E-state index contributed by atoms with van der Waals surface area (Å²) in [6, 6.07) is 14.4. The lowest BCUT2D eigenvalue weighted by Gasteiger charge is -2.13. The number of nitrogens with one attached hydrogen (secondary N) is 1. The monoisotopic (exact) mass is 436 g/mol. The lowest BCUT2D eigenvalue weighted by atomic mass is 10.1. The van der Waals surface area contributed by atoms with E-state index in [0.29, 0.717) is 34.9 Å². The van der Waals surface area contributed by atoms with Gasteiger partial charge < -0.3 is 5.32 Å². The first-order valence-electron chi connectivity index (χ1n) is 9.95. The summed E-state index contributed by atoms with van der Waals surface area (Å²) < 4.78 is 1.69. The van der Waals surface area contributed by atoms with Crippen molar-refractivity contribution in [2.45, 2.75) is 26.3 Å². The average molecular weight is 437 g/mol. The van der Waals surface area contributed by atoms with Gasteiger partial charge in [-0.15, -0.1) is 0 Å². The highest BCUT2D eigenvalue weighted by atomic mass is 35.5. The summed E-state index contributed by atoms with van der Waals surface area (Å²) in [5, 5.41) is 7.75. The van der Waals surface area contributed by atoms with E-state index in [2.05, 4.69) is 10.4 Å². The minimum atomic E-state index is -0.304. The summed E-state index contributed by atoms with van der Waals surface area (Å²) in [6.45, 7) is 2.57. The van der Waals surface area contributed by atoms with Gasteiger partial charge in [0.05, 0.1) is 23.9 Å². The number of amides is 3. The van der Waals surface area contributed by atoms with Crippen molar-refractivity contribution in [3.63, 3.8) is 0 Å². The SMILES string of the molecule is Cc1ccc2c(c1)C(=O)N(CCCC(=O)Nc1ccnn1Cc1ccc(Cl)cc1)C2=O. The number of hydrogen-bond acceptors (Lipinski definition) is 4. The molecule has 4 rings (SSSR count). The molecule has 2 aromatic carbocycles. The second-order valence-corrected chi connectivity index (χ2v) is 7.90. The van der Waals surface area contributed by atoms with Crippen molar-refractivity contribution in [3.8, 4) is 0 Å². The van der Waals surface area contributed by atoms with Crippen LogP contribution in [0.2, 0.25) is 5.02 Å². The number of hydrogen-bond donors (Lipinski definition) is 1. The van der Waals surface area contributed by atoms with Crippen LogP contribution in [0.5, 0.6) is 0 Å². The normalized spacial score (nSPS) is 12.9. The second-order valence-electron chi connectivity index (χ2n) is 7.46. The quantitative estimate of drug-likeness (QED) is 0.569. The molecule has 8 heteroatoms. The molecule has 1 N–H and O–H groups in total. The van der Waals surface area contributed by atoms with Gasteiger partial charge in [-0.05, 0) is 43.2 Å². The van der Waals surface area contributed by atoms with Gasteiger partial charge in [-0.25, -0.2) is 4.68 Å². The third kappa shape index (κ3) is 4.51. The van der Waals surface area contributed by atoms with E-state index >= 15 is 0 Å². The first kappa shape index (κ1) is 20.8. The number of aromatic nitrogens is 2. The summed E-state index contributed by atoms with van der Waals surface area (Å²) >= 11 is 5.92. The van der Waals surface area contributed by atoms with Crippen molar-refractivity contribution in [2.24, 2.45) is 0 Å². The van der Waals surface area contributed by atoms with Crippen molar-refractivity contribution in [2.75, 3.05) is 11.9 Å². The van der Waals surface area contributed by atoms with Gasteiger partial charge in [0.15, 0.2) is 0 Å². The second kappa shape index (κ2) is 8.73. The van der Waals surface area contributed by atoms with E-state index in [4.69, 9.17) is 11.6 Å². The number of fused-ring (bicyclic) bond motifs is 1. The van der Waals surface area contributed by atoms with E-state index in [1.807, 2.05) is 25.1 Å². The zero-order valence-corrected chi connectivity index (χ0v) is 17.7. The Kier molecular flexibility index (Phi) is 5.86. The summed E-state index contributed by atoms with van der Waals surface area (Å²) in [5.41, 5.74) is 2.78. The van der Waals surface area contributed by atoms with Crippen LogP contribution >= 0.6 is 11.6 Å². The number of rotatable bonds is 7. The Morgan fingerprint density at radius 1 is 1.03 bits per heavy atom. The van der Waals surface area contributed by atoms with E-state index in [9.17, 15) is 14.4 Å². The first-order chi connectivity index (χ1) is 14.9. The summed E-state index contributed by atoms with van der Waals surface area (Å²) in [7, 11) is 0. The number of imide groups is 1. The number of halogens is 1. The fourth-order valence-electron chi connectivity index (χ4n) is 3.54. The molecular formula is C23H21ClN4O3. The maximum absolute atomic E-state index is 12.5. The smallest absolute Gasteiger partial charge is 0.261 e. The number of carbonyl (C=O) groups excluding carboxylic acids is 3. The van der Waals surface area contributed by atoms with Crippen LogP contribution in [0.15, 0.2) is 54.7 Å². The van der Waals surface area contributed by atoms with E-state index in [0.717, 1.165) is 11.1 Å². The first-order valence-corrected chi connectivity index (χ1v) is 10.3. The Morgan fingerprint density at radius 3 is 2.55 bits per heavy atom. The van der Waals surface area contributed by atoms with Crippen LogP contribution < -0.4 is 5.32 Å². The molecule has 0 radical (unpaired) electrons. The van der Waals surface area contributed by atoms with Crippen LogP contribution in [-0.2, 0) is 11.3 Å². The van der Waals surface area contributed by atoms with E-state index < -0.39 is 0 Å². The Morgan fingerprint density at radius 2 is 1.77 bits per heavy atom. The molecule has 3 amide bonds. The van der Waals surface area contributed by atoms with Crippen molar-refractivity contribution in [1.82, 2.24) is 14.7 Å².